The summed E-state index contributed by atoms with van der Waals surface area (Å²) in [5.41, 5.74) is 8.74. The average molecular weight is 151 g/mol. The maximum atomic E-state index is 5.63. The molecule has 2 nitrogen and oxygen atoms in total. The van der Waals surface area contributed by atoms with Crippen LogP contribution in [0.4, 0.5) is 5.69 Å². The normalized spacial score (nSPS) is 10.0. The van der Waals surface area contributed by atoms with Gasteiger partial charge in [0.05, 0.1) is 6.61 Å². The van der Waals surface area contributed by atoms with Crippen molar-refractivity contribution in [1.29, 1.82) is 0 Å². The van der Waals surface area contributed by atoms with Gasteiger partial charge in [0.15, 0.2) is 0 Å². The van der Waals surface area contributed by atoms with Crippen LogP contribution in [0.1, 0.15) is 11.1 Å². The largest absolute Gasteiger partial charge is 0.399 e. The highest BCUT2D eigenvalue weighted by Crippen LogP contribution is 2.11. The molecule has 0 aliphatic heterocycles. The highest BCUT2D eigenvalue weighted by molar-refractivity contribution is 5.44. The monoisotopic (exact) mass is 151 g/mol. The minimum absolute atomic E-state index is 0.631. The first-order valence-electron chi connectivity index (χ1n) is 3.57. The van der Waals surface area contributed by atoms with Crippen LogP contribution >= 0.6 is 0 Å². The Balaban J connectivity index is 2.89. The SMILES string of the molecule is COCc1cc(C)cc(N)c1. The Morgan fingerprint density at radius 3 is 2.64 bits per heavy atom. The zero-order valence-corrected chi connectivity index (χ0v) is 6.92. The second-order valence-electron chi connectivity index (χ2n) is 2.68. The third kappa shape index (κ3) is 2.24. The molecule has 1 aromatic carbocycles. The van der Waals surface area contributed by atoms with Crippen LogP contribution in [0.5, 0.6) is 0 Å². The lowest BCUT2D eigenvalue weighted by molar-refractivity contribution is 0.185. The van der Waals surface area contributed by atoms with Crippen molar-refractivity contribution in [3.05, 3.63) is 29.3 Å². The van der Waals surface area contributed by atoms with Crippen molar-refractivity contribution < 1.29 is 4.74 Å². The molecule has 1 rings (SSSR count). The zero-order valence-electron chi connectivity index (χ0n) is 6.92. The first-order valence-corrected chi connectivity index (χ1v) is 3.57. The van der Waals surface area contributed by atoms with Gasteiger partial charge in [-0.25, -0.2) is 0 Å². The lowest BCUT2D eigenvalue weighted by Crippen LogP contribution is -1.92. The van der Waals surface area contributed by atoms with E-state index >= 15 is 0 Å². The number of hydrogen-bond donors (Lipinski definition) is 1. The van der Waals surface area contributed by atoms with Crippen LogP contribution in [0, 0.1) is 6.92 Å². The van der Waals surface area contributed by atoms with Gasteiger partial charge in [0.1, 0.15) is 0 Å². The molecule has 1 aromatic rings. The molecule has 0 bridgehead atoms. The predicted octanol–water partition coefficient (Wildman–Crippen LogP) is 1.72. The Labute approximate surface area is 67.0 Å². The fourth-order valence-corrected chi connectivity index (χ4v) is 1.14. The van der Waals surface area contributed by atoms with Crippen molar-refractivity contribution in [1.82, 2.24) is 0 Å². The average Bonchev–Trinajstić information content (AvgIpc) is 1.85. The minimum Gasteiger partial charge on any atom is -0.399 e. The van der Waals surface area contributed by atoms with E-state index in [1.165, 1.54) is 5.56 Å². The molecule has 0 unspecified atom stereocenters. The summed E-state index contributed by atoms with van der Waals surface area (Å²) in [6, 6.07) is 5.94. The molecule has 0 aliphatic rings. The molecule has 0 amide bonds. The van der Waals surface area contributed by atoms with Crippen molar-refractivity contribution in [2.24, 2.45) is 0 Å². The molecule has 0 radical (unpaired) electrons. The van der Waals surface area contributed by atoms with Crippen molar-refractivity contribution in [3.8, 4) is 0 Å². The van der Waals surface area contributed by atoms with Gasteiger partial charge in [-0.1, -0.05) is 6.07 Å². The van der Waals surface area contributed by atoms with Gasteiger partial charge < -0.3 is 10.5 Å². The Hall–Kier alpha value is -1.02. The quantitative estimate of drug-likeness (QED) is 0.653. The summed E-state index contributed by atoms with van der Waals surface area (Å²) in [6.45, 7) is 2.65. The van der Waals surface area contributed by atoms with Crippen molar-refractivity contribution in [3.63, 3.8) is 0 Å². The van der Waals surface area contributed by atoms with Gasteiger partial charge in [0, 0.05) is 12.8 Å². The molecule has 2 heteroatoms. The van der Waals surface area contributed by atoms with E-state index in [0.29, 0.717) is 6.61 Å². The third-order valence-electron chi connectivity index (χ3n) is 1.47. The number of methoxy groups -OCH3 is 1. The van der Waals surface area contributed by atoms with Crippen molar-refractivity contribution in [2.75, 3.05) is 12.8 Å². The van der Waals surface area contributed by atoms with Gasteiger partial charge in [-0.15, -0.1) is 0 Å². The summed E-state index contributed by atoms with van der Waals surface area (Å²) in [7, 11) is 1.68. The first kappa shape index (κ1) is 8.08. The van der Waals surface area contributed by atoms with Crippen molar-refractivity contribution in [2.45, 2.75) is 13.5 Å². The molecule has 0 heterocycles. The van der Waals surface area contributed by atoms with Crippen LogP contribution in [0.2, 0.25) is 0 Å². The summed E-state index contributed by atoms with van der Waals surface area (Å²) in [5.74, 6) is 0. The summed E-state index contributed by atoms with van der Waals surface area (Å²) in [6.07, 6.45) is 0. The number of ether oxygens (including phenoxy) is 1. The molecule has 60 valence electrons. The van der Waals surface area contributed by atoms with E-state index < -0.39 is 0 Å². The lowest BCUT2D eigenvalue weighted by Gasteiger charge is -2.02. The second kappa shape index (κ2) is 3.39. The molecule has 0 fully saturated rings. The Morgan fingerprint density at radius 2 is 2.09 bits per heavy atom. The molecular formula is C9H13NO. The summed E-state index contributed by atoms with van der Waals surface area (Å²) < 4.78 is 4.98. The van der Waals surface area contributed by atoms with Gasteiger partial charge in [-0.05, 0) is 30.2 Å². The minimum atomic E-state index is 0.631. The van der Waals surface area contributed by atoms with Crippen LogP contribution in [-0.4, -0.2) is 7.11 Å². The first-order chi connectivity index (χ1) is 5.22. The number of benzene rings is 1. The Morgan fingerprint density at radius 1 is 1.36 bits per heavy atom. The van der Waals surface area contributed by atoms with Crippen LogP contribution in [0.15, 0.2) is 18.2 Å². The van der Waals surface area contributed by atoms with E-state index in [-0.39, 0.29) is 0 Å². The van der Waals surface area contributed by atoms with E-state index in [9.17, 15) is 0 Å². The molecule has 0 saturated heterocycles. The van der Waals surface area contributed by atoms with Gasteiger partial charge in [-0.3, -0.25) is 0 Å². The number of nitrogen functional groups attached to an aromatic ring is 1. The Kier molecular flexibility index (Phi) is 2.49. The van der Waals surface area contributed by atoms with Gasteiger partial charge >= 0.3 is 0 Å². The van der Waals surface area contributed by atoms with E-state index in [1.54, 1.807) is 7.11 Å². The van der Waals surface area contributed by atoms with E-state index in [2.05, 4.69) is 6.07 Å². The molecule has 0 aromatic heterocycles. The van der Waals surface area contributed by atoms with Crippen LogP contribution < -0.4 is 5.73 Å². The molecule has 11 heavy (non-hydrogen) atoms. The summed E-state index contributed by atoms with van der Waals surface area (Å²) in [5, 5.41) is 0. The molecule has 0 spiro atoms. The van der Waals surface area contributed by atoms with Gasteiger partial charge in [-0.2, -0.15) is 0 Å². The smallest absolute Gasteiger partial charge is 0.0713 e. The molecule has 0 atom stereocenters. The second-order valence-corrected chi connectivity index (χ2v) is 2.68. The maximum absolute atomic E-state index is 5.63. The predicted molar refractivity (Wildman–Crippen MR) is 46.3 cm³/mol. The standard InChI is InChI=1S/C9H13NO/c1-7-3-8(6-11-2)5-9(10)4-7/h3-5H,6,10H2,1-2H3. The number of hydrogen-bond acceptors (Lipinski definition) is 2. The number of aryl methyl sites for hydroxylation is 1. The van der Waals surface area contributed by atoms with E-state index in [4.69, 9.17) is 10.5 Å². The van der Waals surface area contributed by atoms with Crippen LogP contribution in [0.25, 0.3) is 0 Å². The van der Waals surface area contributed by atoms with Crippen LogP contribution in [0.3, 0.4) is 0 Å². The van der Waals surface area contributed by atoms with Crippen LogP contribution in [-0.2, 0) is 11.3 Å². The third-order valence-corrected chi connectivity index (χ3v) is 1.47. The fourth-order valence-electron chi connectivity index (χ4n) is 1.14. The van der Waals surface area contributed by atoms with Gasteiger partial charge in [0.25, 0.3) is 0 Å². The van der Waals surface area contributed by atoms with E-state index in [1.807, 2.05) is 19.1 Å². The highest BCUT2D eigenvalue weighted by atomic mass is 16.5. The molecule has 2 N–H and O–H groups in total. The molecule has 0 saturated carbocycles. The van der Waals surface area contributed by atoms with Gasteiger partial charge in [0.2, 0.25) is 0 Å². The van der Waals surface area contributed by atoms with E-state index in [0.717, 1.165) is 11.3 Å². The topological polar surface area (TPSA) is 35.2 Å². The summed E-state index contributed by atoms with van der Waals surface area (Å²) in [4.78, 5) is 0. The maximum Gasteiger partial charge on any atom is 0.0713 e. The number of anilines is 1. The molecule has 0 aliphatic carbocycles. The number of rotatable bonds is 2. The highest BCUT2D eigenvalue weighted by Gasteiger charge is 1.94. The summed E-state index contributed by atoms with van der Waals surface area (Å²) >= 11 is 0. The zero-order chi connectivity index (χ0) is 8.27. The lowest BCUT2D eigenvalue weighted by atomic mass is 10.1. The van der Waals surface area contributed by atoms with Crippen molar-refractivity contribution >= 4 is 5.69 Å². The fraction of sp³-hybridized carbons (Fsp3) is 0.333. The molecular weight excluding hydrogens is 138 g/mol. The Bertz CT molecular complexity index is 225. The number of nitrogens with two attached hydrogens (primary N) is 1.